The summed E-state index contributed by atoms with van der Waals surface area (Å²) in [5.41, 5.74) is 0.792. The number of ether oxygens (including phenoxy) is 3. The molecule has 3 aromatic heterocycles. The Labute approximate surface area is 205 Å². The average Bonchev–Trinajstić information content (AvgIpc) is 2.89. The number of benzene rings is 1. The molecule has 0 bridgehead atoms. The van der Waals surface area contributed by atoms with Gasteiger partial charge in [0, 0.05) is 26.9 Å². The highest BCUT2D eigenvalue weighted by Crippen LogP contribution is 2.41. The summed E-state index contributed by atoms with van der Waals surface area (Å²) < 4.78 is 61.3. The van der Waals surface area contributed by atoms with Crippen LogP contribution in [0, 0.1) is 0 Å². The van der Waals surface area contributed by atoms with E-state index in [-0.39, 0.29) is 39.6 Å². The molecule has 0 aliphatic rings. The van der Waals surface area contributed by atoms with Gasteiger partial charge in [-0.05, 0) is 42.3 Å². The predicted octanol–water partition coefficient (Wildman–Crippen LogP) is 4.11. The van der Waals surface area contributed by atoms with Crippen LogP contribution in [0.4, 0.5) is 5.82 Å². The number of rotatable bonds is 9. The van der Waals surface area contributed by atoms with Crippen LogP contribution in [0.2, 0.25) is 0 Å². The van der Waals surface area contributed by atoms with Gasteiger partial charge >= 0.3 is 0 Å². The van der Waals surface area contributed by atoms with Crippen molar-refractivity contribution in [1.29, 1.82) is 0 Å². The summed E-state index contributed by atoms with van der Waals surface area (Å²) in [4.78, 5) is 16.7. The molecular weight excluding hydrogens is 470 g/mol. The molecule has 1 N–H and O–H groups in total. The van der Waals surface area contributed by atoms with Crippen molar-refractivity contribution in [2.75, 3.05) is 18.9 Å². The van der Waals surface area contributed by atoms with Crippen molar-refractivity contribution < 1.29 is 25.4 Å². The largest absolute Gasteiger partial charge is 0.493 e. The molecule has 11 heteroatoms. The number of nitrogens with zero attached hydrogens (tertiary/aromatic N) is 4. The van der Waals surface area contributed by atoms with Crippen molar-refractivity contribution in [3.05, 3.63) is 72.7 Å². The second-order valence-corrected chi connectivity index (χ2v) is 8.59. The SMILES string of the molecule is [2H]C([2H])(C)c1ccc(S(=O)(=O)Nc2nc(-c3ccncc3)nc(OC)c2Oc2ccccc2OC)nc1. The van der Waals surface area contributed by atoms with Crippen molar-refractivity contribution in [2.24, 2.45) is 0 Å². The Hall–Kier alpha value is -4.25. The number of nitrogens with one attached hydrogen (secondary N) is 1. The summed E-state index contributed by atoms with van der Waals surface area (Å²) in [6.45, 7) is 1.35. The van der Waals surface area contributed by atoms with Gasteiger partial charge in [-0.15, -0.1) is 0 Å². The number of anilines is 1. The summed E-state index contributed by atoms with van der Waals surface area (Å²) in [7, 11) is -1.44. The summed E-state index contributed by atoms with van der Waals surface area (Å²) in [6, 6.07) is 12.7. The number of aryl methyl sites for hydroxylation is 1. The molecular formula is C24H23N5O5S. The Bertz CT molecular complexity index is 1500. The fourth-order valence-corrected chi connectivity index (χ4v) is 3.98. The number of hydrogen-bond acceptors (Lipinski definition) is 9. The lowest BCUT2D eigenvalue weighted by Crippen LogP contribution is -2.17. The van der Waals surface area contributed by atoms with E-state index in [0.29, 0.717) is 11.3 Å². The van der Waals surface area contributed by atoms with Gasteiger partial charge in [-0.1, -0.05) is 25.1 Å². The summed E-state index contributed by atoms with van der Waals surface area (Å²) in [5, 5.41) is -0.341. The molecule has 4 aromatic rings. The second kappa shape index (κ2) is 10.3. The number of pyridine rings is 2. The monoisotopic (exact) mass is 495 g/mol. The summed E-state index contributed by atoms with van der Waals surface area (Å²) in [6.07, 6.45) is 2.58. The Kier molecular flexibility index (Phi) is 6.30. The molecule has 180 valence electrons. The number of sulfonamides is 1. The molecule has 0 amide bonds. The number of aromatic nitrogens is 4. The maximum Gasteiger partial charge on any atom is 0.280 e. The zero-order valence-corrected chi connectivity index (χ0v) is 19.9. The molecule has 0 saturated carbocycles. The molecule has 35 heavy (non-hydrogen) atoms. The van der Waals surface area contributed by atoms with Gasteiger partial charge < -0.3 is 14.2 Å². The van der Waals surface area contributed by atoms with Gasteiger partial charge in [0.2, 0.25) is 5.75 Å². The quantitative estimate of drug-likeness (QED) is 0.365. The highest BCUT2D eigenvalue weighted by molar-refractivity contribution is 7.92. The van der Waals surface area contributed by atoms with Gasteiger partial charge in [0.15, 0.2) is 28.2 Å². The van der Waals surface area contributed by atoms with Crippen LogP contribution in [0.25, 0.3) is 11.4 Å². The van der Waals surface area contributed by atoms with E-state index in [0.717, 1.165) is 0 Å². The van der Waals surface area contributed by atoms with Gasteiger partial charge in [0.25, 0.3) is 15.9 Å². The number of para-hydroxylation sites is 2. The highest BCUT2D eigenvalue weighted by atomic mass is 32.2. The van der Waals surface area contributed by atoms with E-state index in [9.17, 15) is 8.42 Å². The Morgan fingerprint density at radius 3 is 2.34 bits per heavy atom. The highest BCUT2D eigenvalue weighted by Gasteiger charge is 2.25. The zero-order valence-electron chi connectivity index (χ0n) is 21.1. The van der Waals surface area contributed by atoms with E-state index in [1.807, 2.05) is 0 Å². The summed E-state index contributed by atoms with van der Waals surface area (Å²) in [5.74, 6) is 0.482. The van der Waals surface area contributed by atoms with Crippen LogP contribution in [0.3, 0.4) is 0 Å². The van der Waals surface area contributed by atoms with Crippen molar-refractivity contribution in [3.63, 3.8) is 0 Å². The fraction of sp³-hybridized carbons (Fsp3) is 0.167. The van der Waals surface area contributed by atoms with E-state index < -0.39 is 16.4 Å². The van der Waals surface area contributed by atoms with Crippen molar-refractivity contribution in [1.82, 2.24) is 19.9 Å². The molecule has 0 aliphatic heterocycles. The third-order valence-electron chi connectivity index (χ3n) is 4.78. The standard InChI is InChI=1S/C24H23N5O5S/c1-4-16-9-10-20(26-15-16)35(30,31)29-23-21(34-19-8-6-5-7-18(19)32-2)24(33-3)28-22(27-23)17-11-13-25-14-12-17/h5-15H,4H2,1-3H3,(H,27,28,29)/i4D2. The van der Waals surface area contributed by atoms with Gasteiger partial charge in [0.1, 0.15) is 0 Å². The lowest BCUT2D eigenvalue weighted by atomic mass is 10.2. The molecule has 0 spiro atoms. The van der Waals surface area contributed by atoms with Crippen LogP contribution >= 0.6 is 0 Å². The smallest absolute Gasteiger partial charge is 0.280 e. The van der Waals surface area contributed by atoms with Crippen LogP contribution in [-0.2, 0) is 16.4 Å². The van der Waals surface area contributed by atoms with E-state index in [1.165, 1.54) is 39.5 Å². The molecule has 0 fully saturated rings. The van der Waals surface area contributed by atoms with E-state index in [1.54, 1.807) is 48.8 Å². The fourth-order valence-electron chi connectivity index (χ4n) is 3.04. The second-order valence-electron chi connectivity index (χ2n) is 6.96. The first kappa shape index (κ1) is 21.3. The average molecular weight is 496 g/mol. The first-order valence-corrected chi connectivity index (χ1v) is 11.8. The summed E-state index contributed by atoms with van der Waals surface area (Å²) >= 11 is 0. The van der Waals surface area contributed by atoms with Gasteiger partial charge in [-0.2, -0.15) is 13.4 Å². The first-order valence-electron chi connectivity index (χ1n) is 11.3. The van der Waals surface area contributed by atoms with Gasteiger partial charge in [-0.25, -0.2) is 9.97 Å². The van der Waals surface area contributed by atoms with Crippen molar-refractivity contribution in [3.8, 4) is 34.5 Å². The molecule has 0 aliphatic carbocycles. The van der Waals surface area contributed by atoms with Crippen molar-refractivity contribution >= 4 is 15.8 Å². The van der Waals surface area contributed by atoms with Gasteiger partial charge in [-0.3, -0.25) is 9.71 Å². The zero-order chi connectivity index (χ0) is 26.6. The number of hydrogen-bond donors (Lipinski definition) is 1. The molecule has 3 heterocycles. The van der Waals surface area contributed by atoms with E-state index >= 15 is 0 Å². The van der Waals surface area contributed by atoms with Gasteiger partial charge in [0.05, 0.1) is 14.2 Å². The van der Waals surface area contributed by atoms with Crippen LogP contribution in [0.15, 0.2) is 72.1 Å². The molecule has 0 radical (unpaired) electrons. The van der Waals surface area contributed by atoms with Crippen LogP contribution < -0.4 is 18.9 Å². The minimum Gasteiger partial charge on any atom is -0.493 e. The van der Waals surface area contributed by atoms with Crippen LogP contribution in [0.5, 0.6) is 23.1 Å². The molecule has 0 unspecified atom stereocenters. The normalized spacial score (nSPS) is 12.3. The van der Waals surface area contributed by atoms with Crippen LogP contribution in [-0.4, -0.2) is 42.6 Å². The maximum atomic E-state index is 13.3. The third kappa shape index (κ3) is 5.30. The Balaban J connectivity index is 1.83. The predicted molar refractivity (Wildman–Crippen MR) is 129 cm³/mol. The minimum atomic E-state index is -4.28. The Morgan fingerprint density at radius 2 is 1.71 bits per heavy atom. The molecule has 4 rings (SSSR count). The lowest BCUT2D eigenvalue weighted by molar-refractivity contribution is 0.348. The van der Waals surface area contributed by atoms with E-state index in [2.05, 4.69) is 24.7 Å². The lowest BCUT2D eigenvalue weighted by Gasteiger charge is -2.17. The minimum absolute atomic E-state index is 0.0343. The van der Waals surface area contributed by atoms with Crippen LogP contribution in [0.1, 0.15) is 15.2 Å². The maximum absolute atomic E-state index is 13.3. The number of methoxy groups -OCH3 is 2. The Morgan fingerprint density at radius 1 is 0.971 bits per heavy atom. The third-order valence-corrected chi connectivity index (χ3v) is 6.03. The van der Waals surface area contributed by atoms with E-state index in [4.69, 9.17) is 17.0 Å². The first-order chi connectivity index (χ1) is 17.6. The molecule has 1 aromatic carbocycles. The topological polar surface area (TPSA) is 125 Å². The molecule has 0 atom stereocenters. The molecule has 0 saturated heterocycles. The molecule has 10 nitrogen and oxygen atoms in total. The van der Waals surface area contributed by atoms with Crippen molar-refractivity contribution in [2.45, 2.75) is 18.3 Å².